The Morgan fingerprint density at radius 3 is 2.80 bits per heavy atom. The SMILES string of the molecule is CCC(Oc1cccc(Cl)c1)C(=O)NC1CCCCC1. The van der Waals surface area contributed by atoms with E-state index in [1.54, 1.807) is 12.1 Å². The van der Waals surface area contributed by atoms with Crippen LogP contribution in [0.25, 0.3) is 0 Å². The summed E-state index contributed by atoms with van der Waals surface area (Å²) < 4.78 is 5.75. The molecule has 110 valence electrons. The first-order valence-corrected chi connectivity index (χ1v) is 7.79. The van der Waals surface area contributed by atoms with Crippen molar-refractivity contribution in [3.63, 3.8) is 0 Å². The van der Waals surface area contributed by atoms with Gasteiger partial charge in [-0.15, -0.1) is 0 Å². The highest BCUT2D eigenvalue weighted by atomic mass is 35.5. The molecule has 4 heteroatoms. The minimum Gasteiger partial charge on any atom is -0.481 e. The number of hydrogen-bond donors (Lipinski definition) is 1. The molecule has 1 atom stereocenters. The van der Waals surface area contributed by atoms with Crippen LogP contribution in [-0.4, -0.2) is 18.1 Å². The normalized spacial score (nSPS) is 17.5. The van der Waals surface area contributed by atoms with Crippen LogP contribution in [-0.2, 0) is 4.79 Å². The van der Waals surface area contributed by atoms with Gasteiger partial charge < -0.3 is 10.1 Å². The van der Waals surface area contributed by atoms with E-state index >= 15 is 0 Å². The van der Waals surface area contributed by atoms with Crippen LogP contribution in [0.5, 0.6) is 5.75 Å². The quantitative estimate of drug-likeness (QED) is 0.893. The highest BCUT2D eigenvalue weighted by Gasteiger charge is 2.22. The Hall–Kier alpha value is -1.22. The van der Waals surface area contributed by atoms with E-state index in [4.69, 9.17) is 16.3 Å². The van der Waals surface area contributed by atoms with Gasteiger partial charge in [0, 0.05) is 11.1 Å². The fraction of sp³-hybridized carbons (Fsp3) is 0.562. The molecule has 0 radical (unpaired) electrons. The molecule has 20 heavy (non-hydrogen) atoms. The zero-order valence-corrected chi connectivity index (χ0v) is 12.7. The third-order valence-corrected chi connectivity index (χ3v) is 3.92. The fourth-order valence-electron chi connectivity index (χ4n) is 2.57. The van der Waals surface area contributed by atoms with Gasteiger partial charge in [-0.2, -0.15) is 0 Å². The summed E-state index contributed by atoms with van der Waals surface area (Å²) in [5.74, 6) is 0.627. The van der Waals surface area contributed by atoms with E-state index in [2.05, 4.69) is 5.32 Å². The summed E-state index contributed by atoms with van der Waals surface area (Å²) in [7, 11) is 0. The summed E-state index contributed by atoms with van der Waals surface area (Å²) in [5, 5.41) is 3.72. The first kappa shape index (κ1) is 15.2. The van der Waals surface area contributed by atoms with Gasteiger partial charge in [-0.3, -0.25) is 4.79 Å². The number of ether oxygens (including phenoxy) is 1. The van der Waals surface area contributed by atoms with E-state index < -0.39 is 6.10 Å². The van der Waals surface area contributed by atoms with E-state index in [0.717, 1.165) is 12.8 Å². The van der Waals surface area contributed by atoms with Crippen molar-refractivity contribution in [1.29, 1.82) is 0 Å². The molecule has 1 aliphatic rings. The van der Waals surface area contributed by atoms with E-state index in [9.17, 15) is 4.79 Å². The van der Waals surface area contributed by atoms with Gasteiger partial charge in [0.15, 0.2) is 6.10 Å². The van der Waals surface area contributed by atoms with Crippen LogP contribution in [0, 0.1) is 0 Å². The maximum absolute atomic E-state index is 12.3. The molecular weight excluding hydrogens is 274 g/mol. The van der Waals surface area contributed by atoms with Crippen LogP contribution >= 0.6 is 11.6 Å². The monoisotopic (exact) mass is 295 g/mol. The van der Waals surface area contributed by atoms with Crippen molar-refractivity contribution in [2.45, 2.75) is 57.6 Å². The summed E-state index contributed by atoms with van der Waals surface area (Å²) in [4.78, 5) is 12.3. The van der Waals surface area contributed by atoms with Crippen LogP contribution in [0.4, 0.5) is 0 Å². The molecule has 1 saturated carbocycles. The number of hydrogen-bond acceptors (Lipinski definition) is 2. The molecule has 1 aliphatic carbocycles. The van der Waals surface area contributed by atoms with E-state index in [-0.39, 0.29) is 5.91 Å². The third-order valence-electron chi connectivity index (χ3n) is 3.69. The number of carbonyl (C=O) groups excluding carboxylic acids is 1. The van der Waals surface area contributed by atoms with Crippen molar-refractivity contribution < 1.29 is 9.53 Å². The molecule has 0 heterocycles. The highest BCUT2D eigenvalue weighted by molar-refractivity contribution is 6.30. The van der Waals surface area contributed by atoms with Crippen LogP contribution in [0.3, 0.4) is 0 Å². The van der Waals surface area contributed by atoms with Crippen LogP contribution in [0.2, 0.25) is 5.02 Å². The highest BCUT2D eigenvalue weighted by Crippen LogP contribution is 2.20. The Kier molecular flexibility index (Phi) is 5.72. The lowest BCUT2D eigenvalue weighted by atomic mass is 9.95. The van der Waals surface area contributed by atoms with Crippen LogP contribution < -0.4 is 10.1 Å². The molecular formula is C16H22ClNO2. The summed E-state index contributed by atoms with van der Waals surface area (Å²) in [5.41, 5.74) is 0. The summed E-state index contributed by atoms with van der Waals surface area (Å²) in [6, 6.07) is 7.48. The maximum Gasteiger partial charge on any atom is 0.261 e. The first-order chi connectivity index (χ1) is 9.69. The molecule has 1 unspecified atom stereocenters. The third kappa shape index (κ3) is 4.41. The van der Waals surface area contributed by atoms with Gasteiger partial charge in [-0.1, -0.05) is 43.9 Å². The first-order valence-electron chi connectivity index (χ1n) is 7.41. The molecule has 1 N–H and O–H groups in total. The van der Waals surface area contributed by atoms with E-state index in [0.29, 0.717) is 23.2 Å². The van der Waals surface area contributed by atoms with E-state index in [1.165, 1.54) is 19.3 Å². The molecule has 0 spiro atoms. The molecule has 0 bridgehead atoms. The van der Waals surface area contributed by atoms with Crippen molar-refractivity contribution in [3.05, 3.63) is 29.3 Å². The Morgan fingerprint density at radius 2 is 2.15 bits per heavy atom. The molecule has 0 aromatic heterocycles. The van der Waals surface area contributed by atoms with Crippen molar-refractivity contribution in [2.24, 2.45) is 0 Å². The standard InChI is InChI=1S/C16H22ClNO2/c1-2-15(20-14-10-6-7-12(17)11-14)16(19)18-13-8-4-3-5-9-13/h6-7,10-11,13,15H,2-5,8-9H2,1H3,(H,18,19). The molecule has 1 fully saturated rings. The van der Waals surface area contributed by atoms with Crippen molar-refractivity contribution in [1.82, 2.24) is 5.32 Å². The van der Waals surface area contributed by atoms with Gasteiger partial charge in [0.25, 0.3) is 5.91 Å². The predicted molar refractivity (Wildman–Crippen MR) is 81.2 cm³/mol. The number of benzene rings is 1. The zero-order valence-electron chi connectivity index (χ0n) is 11.9. The van der Waals surface area contributed by atoms with Gasteiger partial charge in [0.2, 0.25) is 0 Å². The summed E-state index contributed by atoms with van der Waals surface area (Å²) >= 11 is 5.93. The number of amides is 1. The topological polar surface area (TPSA) is 38.3 Å². The van der Waals surface area contributed by atoms with Crippen molar-refractivity contribution in [2.75, 3.05) is 0 Å². The molecule has 1 aromatic rings. The van der Waals surface area contributed by atoms with Gasteiger partial charge in [0.05, 0.1) is 0 Å². The molecule has 1 aromatic carbocycles. The average molecular weight is 296 g/mol. The van der Waals surface area contributed by atoms with Crippen LogP contribution in [0.15, 0.2) is 24.3 Å². The Balaban J connectivity index is 1.91. The lowest BCUT2D eigenvalue weighted by Crippen LogP contribution is -2.44. The number of rotatable bonds is 5. The van der Waals surface area contributed by atoms with E-state index in [1.807, 2.05) is 19.1 Å². The van der Waals surface area contributed by atoms with Crippen LogP contribution in [0.1, 0.15) is 45.4 Å². The lowest BCUT2D eigenvalue weighted by molar-refractivity contribution is -0.129. The zero-order chi connectivity index (χ0) is 14.4. The number of carbonyl (C=O) groups is 1. The summed E-state index contributed by atoms with van der Waals surface area (Å²) in [6.45, 7) is 1.95. The molecule has 0 aliphatic heterocycles. The Labute approximate surface area is 125 Å². The minimum atomic E-state index is -0.449. The largest absolute Gasteiger partial charge is 0.481 e. The predicted octanol–water partition coefficient (Wildman–Crippen LogP) is 3.95. The fourth-order valence-corrected chi connectivity index (χ4v) is 2.75. The summed E-state index contributed by atoms with van der Waals surface area (Å²) in [6.07, 6.45) is 6.05. The van der Waals surface area contributed by atoms with Gasteiger partial charge in [-0.05, 0) is 37.5 Å². The molecule has 1 amide bonds. The van der Waals surface area contributed by atoms with Gasteiger partial charge in [0.1, 0.15) is 5.75 Å². The number of halogens is 1. The molecule has 0 saturated heterocycles. The minimum absolute atomic E-state index is 0.0145. The number of nitrogens with one attached hydrogen (secondary N) is 1. The Morgan fingerprint density at radius 1 is 1.40 bits per heavy atom. The van der Waals surface area contributed by atoms with Crippen molar-refractivity contribution in [3.8, 4) is 5.75 Å². The average Bonchev–Trinajstić information content (AvgIpc) is 2.46. The second-order valence-corrected chi connectivity index (χ2v) is 5.75. The lowest BCUT2D eigenvalue weighted by Gasteiger charge is -2.25. The van der Waals surface area contributed by atoms with Crippen molar-refractivity contribution >= 4 is 17.5 Å². The second kappa shape index (κ2) is 7.53. The smallest absolute Gasteiger partial charge is 0.261 e. The molecule has 2 rings (SSSR count). The second-order valence-electron chi connectivity index (χ2n) is 5.32. The maximum atomic E-state index is 12.3. The Bertz CT molecular complexity index is 444. The van der Waals surface area contributed by atoms with Gasteiger partial charge in [-0.25, -0.2) is 0 Å². The van der Waals surface area contributed by atoms with Gasteiger partial charge >= 0.3 is 0 Å². The molecule has 3 nitrogen and oxygen atoms in total.